The van der Waals surface area contributed by atoms with Gasteiger partial charge < -0.3 is 14.5 Å². The Labute approximate surface area is 110 Å². The topological polar surface area (TPSA) is 52.1 Å². The lowest BCUT2D eigenvalue weighted by Gasteiger charge is -2.10. The van der Waals surface area contributed by atoms with E-state index in [1.807, 2.05) is 16.7 Å². The zero-order valence-corrected chi connectivity index (χ0v) is 11.0. The van der Waals surface area contributed by atoms with Crippen LogP contribution in [-0.2, 0) is 11.3 Å². The minimum absolute atomic E-state index is 0.240. The molecule has 1 unspecified atom stereocenters. The summed E-state index contributed by atoms with van der Waals surface area (Å²) >= 11 is 5.34. The van der Waals surface area contributed by atoms with Gasteiger partial charge in [0.25, 0.3) is 0 Å². The second-order valence-corrected chi connectivity index (χ2v) is 4.79. The molecule has 1 fully saturated rings. The van der Waals surface area contributed by atoms with Gasteiger partial charge >= 0.3 is 0 Å². The first-order valence-corrected chi connectivity index (χ1v) is 6.44. The number of aromatic nitrogens is 3. The molecule has 2 aromatic heterocycles. The van der Waals surface area contributed by atoms with E-state index in [0.29, 0.717) is 10.7 Å². The normalized spacial score (nSPS) is 19.5. The summed E-state index contributed by atoms with van der Waals surface area (Å²) in [7, 11) is 1.61. The van der Waals surface area contributed by atoms with Crippen LogP contribution in [0.15, 0.2) is 12.1 Å². The molecule has 0 saturated carbocycles. The second kappa shape index (κ2) is 4.70. The van der Waals surface area contributed by atoms with Crippen LogP contribution in [0.5, 0.6) is 5.88 Å². The van der Waals surface area contributed by atoms with E-state index in [9.17, 15) is 0 Å². The second-order valence-electron chi connectivity index (χ2n) is 4.40. The summed E-state index contributed by atoms with van der Waals surface area (Å²) in [5, 5.41) is 0. The van der Waals surface area contributed by atoms with Crippen LogP contribution in [0.2, 0.25) is 0 Å². The predicted molar refractivity (Wildman–Crippen MR) is 70.4 cm³/mol. The molecular formula is C12H15N3O2S. The molecule has 6 heteroatoms. The lowest BCUT2D eigenvalue weighted by atomic mass is 10.2. The van der Waals surface area contributed by atoms with Gasteiger partial charge in [-0.25, -0.2) is 0 Å². The Morgan fingerprint density at radius 1 is 1.61 bits per heavy atom. The molecule has 0 amide bonds. The number of hydrogen-bond acceptors (Lipinski definition) is 4. The van der Waals surface area contributed by atoms with Gasteiger partial charge in [0.15, 0.2) is 10.4 Å². The number of nitrogens with one attached hydrogen (secondary N) is 1. The minimum Gasteiger partial charge on any atom is -0.481 e. The first-order chi connectivity index (χ1) is 8.78. The largest absolute Gasteiger partial charge is 0.481 e. The van der Waals surface area contributed by atoms with Crippen molar-refractivity contribution in [2.45, 2.75) is 25.5 Å². The van der Waals surface area contributed by atoms with Crippen molar-refractivity contribution in [2.75, 3.05) is 13.7 Å². The molecule has 1 N–H and O–H groups in total. The number of H-pyrrole nitrogens is 1. The molecule has 1 saturated heterocycles. The lowest BCUT2D eigenvalue weighted by molar-refractivity contribution is 0.0974. The van der Waals surface area contributed by atoms with Crippen LogP contribution in [0.1, 0.15) is 12.8 Å². The van der Waals surface area contributed by atoms with Gasteiger partial charge in [0.2, 0.25) is 5.88 Å². The molecule has 0 radical (unpaired) electrons. The number of pyridine rings is 1. The predicted octanol–water partition coefficient (Wildman–Crippen LogP) is 2.28. The van der Waals surface area contributed by atoms with Crippen molar-refractivity contribution in [1.82, 2.24) is 14.5 Å². The SMILES string of the molecule is COc1ccc2[nH]c(=S)n(CC3CCCO3)c2n1. The Bertz CT molecular complexity index is 613. The lowest BCUT2D eigenvalue weighted by Crippen LogP contribution is -2.15. The number of nitrogens with zero attached hydrogens (tertiary/aromatic N) is 2. The average molecular weight is 265 g/mol. The fourth-order valence-electron chi connectivity index (χ4n) is 2.29. The fraction of sp³-hybridized carbons (Fsp3) is 0.500. The van der Waals surface area contributed by atoms with E-state index in [1.54, 1.807) is 7.11 Å². The van der Waals surface area contributed by atoms with E-state index in [4.69, 9.17) is 21.7 Å². The van der Waals surface area contributed by atoms with Gasteiger partial charge in [-0.2, -0.15) is 4.98 Å². The smallest absolute Gasteiger partial charge is 0.215 e. The van der Waals surface area contributed by atoms with Gasteiger partial charge in [-0.3, -0.25) is 4.57 Å². The Morgan fingerprint density at radius 3 is 3.22 bits per heavy atom. The Balaban J connectivity index is 2.02. The molecule has 0 spiro atoms. The first-order valence-electron chi connectivity index (χ1n) is 6.03. The number of ether oxygens (including phenoxy) is 2. The number of imidazole rings is 1. The van der Waals surface area contributed by atoms with Crippen LogP contribution in [0.3, 0.4) is 0 Å². The molecule has 18 heavy (non-hydrogen) atoms. The highest BCUT2D eigenvalue weighted by Gasteiger charge is 2.18. The number of aromatic amines is 1. The molecule has 3 rings (SSSR count). The molecule has 5 nitrogen and oxygen atoms in total. The van der Waals surface area contributed by atoms with Crippen LogP contribution >= 0.6 is 12.2 Å². The maximum absolute atomic E-state index is 5.65. The Hall–Kier alpha value is -1.40. The summed E-state index contributed by atoms with van der Waals surface area (Å²) in [5.74, 6) is 0.595. The summed E-state index contributed by atoms with van der Waals surface area (Å²) in [6, 6.07) is 3.76. The minimum atomic E-state index is 0.240. The maximum atomic E-state index is 5.65. The summed E-state index contributed by atoms with van der Waals surface area (Å²) in [5.41, 5.74) is 1.76. The highest BCUT2D eigenvalue weighted by atomic mass is 32.1. The van der Waals surface area contributed by atoms with Gasteiger partial charge in [0.1, 0.15) is 0 Å². The Kier molecular flexibility index (Phi) is 3.05. The van der Waals surface area contributed by atoms with E-state index in [0.717, 1.165) is 37.2 Å². The zero-order chi connectivity index (χ0) is 12.5. The van der Waals surface area contributed by atoms with Crippen molar-refractivity contribution in [3.63, 3.8) is 0 Å². The van der Waals surface area contributed by atoms with Crippen molar-refractivity contribution in [3.05, 3.63) is 16.9 Å². The molecule has 3 heterocycles. The highest BCUT2D eigenvalue weighted by Crippen LogP contribution is 2.20. The van der Waals surface area contributed by atoms with Crippen LogP contribution in [0, 0.1) is 4.77 Å². The van der Waals surface area contributed by atoms with Crippen molar-refractivity contribution in [2.24, 2.45) is 0 Å². The number of methoxy groups -OCH3 is 1. The van der Waals surface area contributed by atoms with Gasteiger partial charge in [-0.05, 0) is 31.1 Å². The van der Waals surface area contributed by atoms with E-state index >= 15 is 0 Å². The van der Waals surface area contributed by atoms with Crippen molar-refractivity contribution >= 4 is 23.4 Å². The molecule has 1 aliphatic heterocycles. The van der Waals surface area contributed by atoms with E-state index in [1.165, 1.54) is 0 Å². The fourth-order valence-corrected chi connectivity index (χ4v) is 2.56. The van der Waals surface area contributed by atoms with Gasteiger partial charge in [-0.15, -0.1) is 0 Å². The summed E-state index contributed by atoms with van der Waals surface area (Å²) < 4.78 is 13.5. The molecular weight excluding hydrogens is 250 g/mol. The van der Waals surface area contributed by atoms with Crippen LogP contribution in [0.25, 0.3) is 11.2 Å². The molecule has 1 atom stereocenters. The van der Waals surface area contributed by atoms with Crippen LogP contribution in [0.4, 0.5) is 0 Å². The van der Waals surface area contributed by atoms with Crippen molar-refractivity contribution in [3.8, 4) is 5.88 Å². The highest BCUT2D eigenvalue weighted by molar-refractivity contribution is 7.71. The van der Waals surface area contributed by atoms with Gasteiger partial charge in [0.05, 0.1) is 25.3 Å². The average Bonchev–Trinajstić information content (AvgIpc) is 2.99. The molecule has 0 bridgehead atoms. The summed E-state index contributed by atoms with van der Waals surface area (Å²) in [4.78, 5) is 7.60. The standard InChI is InChI=1S/C12H15N3O2S/c1-16-10-5-4-9-11(14-10)15(12(18)13-9)7-8-3-2-6-17-8/h4-5,8H,2-3,6-7H2,1H3,(H,13,18). The first kappa shape index (κ1) is 11.7. The molecule has 1 aliphatic rings. The number of fused-ring (bicyclic) bond motifs is 1. The number of hydrogen-bond donors (Lipinski definition) is 1. The summed E-state index contributed by atoms with van der Waals surface area (Å²) in [6.45, 7) is 1.59. The zero-order valence-electron chi connectivity index (χ0n) is 10.2. The van der Waals surface area contributed by atoms with Crippen molar-refractivity contribution < 1.29 is 9.47 Å². The Morgan fingerprint density at radius 2 is 2.50 bits per heavy atom. The van der Waals surface area contributed by atoms with Crippen molar-refractivity contribution in [1.29, 1.82) is 0 Å². The molecule has 96 valence electrons. The van der Waals surface area contributed by atoms with E-state index < -0.39 is 0 Å². The monoisotopic (exact) mass is 265 g/mol. The van der Waals surface area contributed by atoms with E-state index in [2.05, 4.69) is 9.97 Å². The van der Waals surface area contributed by atoms with E-state index in [-0.39, 0.29) is 6.10 Å². The third kappa shape index (κ3) is 2.02. The third-order valence-corrected chi connectivity index (χ3v) is 3.53. The van der Waals surface area contributed by atoms with Crippen LogP contribution < -0.4 is 4.74 Å². The summed E-state index contributed by atoms with van der Waals surface area (Å²) in [6.07, 6.45) is 2.44. The third-order valence-electron chi connectivity index (χ3n) is 3.21. The van der Waals surface area contributed by atoms with Gasteiger partial charge in [0, 0.05) is 12.7 Å². The molecule has 2 aromatic rings. The maximum Gasteiger partial charge on any atom is 0.215 e. The quantitative estimate of drug-likeness (QED) is 0.865. The van der Waals surface area contributed by atoms with Crippen LogP contribution in [-0.4, -0.2) is 34.4 Å². The number of rotatable bonds is 3. The molecule has 0 aromatic carbocycles. The molecule has 0 aliphatic carbocycles. The van der Waals surface area contributed by atoms with Gasteiger partial charge in [-0.1, -0.05) is 0 Å².